The number of rotatable bonds is 5. The third-order valence-corrected chi connectivity index (χ3v) is 4.65. The third kappa shape index (κ3) is 4.15. The van der Waals surface area contributed by atoms with Gasteiger partial charge in [-0.25, -0.2) is 4.98 Å². The molecule has 1 atom stereocenters. The lowest BCUT2D eigenvalue weighted by Crippen LogP contribution is -2.48. The van der Waals surface area contributed by atoms with Gasteiger partial charge in [-0.1, -0.05) is 30.3 Å². The van der Waals surface area contributed by atoms with Crippen molar-refractivity contribution in [2.45, 2.75) is 25.3 Å². The molecule has 1 N–H and O–H groups in total. The molecule has 1 saturated heterocycles. The molecule has 0 bridgehead atoms. The number of likely N-dealkylation sites (tertiary alicyclic amines) is 1. The standard InChI is InChI=1S/C17H21N3OS/c21-17(16-12-22-13-18-16)19-15-7-4-9-20(11-15)10-8-14-5-2-1-3-6-14/h1-3,5-6,12-13,15H,4,7-11H2,(H,19,21). The minimum absolute atomic E-state index is 0.0452. The monoisotopic (exact) mass is 315 g/mol. The van der Waals surface area contributed by atoms with Crippen LogP contribution in [0, 0.1) is 0 Å². The average molecular weight is 315 g/mol. The molecule has 1 aliphatic rings. The summed E-state index contributed by atoms with van der Waals surface area (Å²) >= 11 is 1.45. The summed E-state index contributed by atoms with van der Waals surface area (Å²) in [5.74, 6) is -0.0452. The van der Waals surface area contributed by atoms with Gasteiger partial charge in [-0.2, -0.15) is 0 Å². The molecule has 116 valence electrons. The maximum absolute atomic E-state index is 12.1. The van der Waals surface area contributed by atoms with Crippen molar-refractivity contribution in [3.63, 3.8) is 0 Å². The number of thiazole rings is 1. The van der Waals surface area contributed by atoms with Crippen LogP contribution >= 0.6 is 11.3 Å². The Morgan fingerprint density at radius 3 is 3.00 bits per heavy atom. The molecule has 0 saturated carbocycles. The van der Waals surface area contributed by atoms with Crippen molar-refractivity contribution in [1.29, 1.82) is 0 Å². The normalized spacial score (nSPS) is 19.0. The Morgan fingerprint density at radius 1 is 1.36 bits per heavy atom. The number of hydrogen-bond acceptors (Lipinski definition) is 4. The number of nitrogens with one attached hydrogen (secondary N) is 1. The highest BCUT2D eigenvalue weighted by atomic mass is 32.1. The Balaban J connectivity index is 1.48. The van der Waals surface area contributed by atoms with Gasteiger partial charge in [-0.3, -0.25) is 4.79 Å². The number of hydrogen-bond donors (Lipinski definition) is 1. The van der Waals surface area contributed by atoms with Crippen molar-refractivity contribution in [2.24, 2.45) is 0 Å². The highest BCUT2D eigenvalue weighted by Gasteiger charge is 2.22. The Bertz CT molecular complexity index is 585. The van der Waals surface area contributed by atoms with E-state index in [9.17, 15) is 4.79 Å². The van der Waals surface area contributed by atoms with Crippen LogP contribution in [0.25, 0.3) is 0 Å². The van der Waals surface area contributed by atoms with Crippen molar-refractivity contribution in [3.8, 4) is 0 Å². The van der Waals surface area contributed by atoms with E-state index in [1.807, 2.05) is 0 Å². The zero-order valence-electron chi connectivity index (χ0n) is 12.6. The fourth-order valence-corrected chi connectivity index (χ4v) is 3.42. The molecule has 2 heterocycles. The number of carbonyl (C=O) groups excluding carboxylic acids is 1. The topological polar surface area (TPSA) is 45.2 Å². The molecule has 0 aliphatic carbocycles. The first-order valence-electron chi connectivity index (χ1n) is 7.76. The van der Waals surface area contributed by atoms with E-state index in [0.717, 1.165) is 38.9 Å². The lowest BCUT2D eigenvalue weighted by molar-refractivity contribution is 0.0900. The van der Waals surface area contributed by atoms with Crippen LogP contribution in [0.1, 0.15) is 28.9 Å². The zero-order chi connectivity index (χ0) is 15.2. The highest BCUT2D eigenvalue weighted by Crippen LogP contribution is 2.12. The molecule has 0 spiro atoms. The number of aromatic nitrogens is 1. The average Bonchev–Trinajstić information content (AvgIpc) is 3.09. The molecule has 1 unspecified atom stereocenters. The summed E-state index contributed by atoms with van der Waals surface area (Å²) in [6.45, 7) is 3.10. The Morgan fingerprint density at radius 2 is 2.23 bits per heavy atom. The molecule has 1 fully saturated rings. The predicted molar refractivity (Wildman–Crippen MR) is 89.2 cm³/mol. The highest BCUT2D eigenvalue weighted by molar-refractivity contribution is 7.07. The van der Waals surface area contributed by atoms with Gasteiger partial charge in [0.1, 0.15) is 5.69 Å². The Hall–Kier alpha value is -1.72. The first kappa shape index (κ1) is 15.2. The molecule has 4 nitrogen and oxygen atoms in total. The second-order valence-corrected chi connectivity index (χ2v) is 6.44. The second-order valence-electron chi connectivity index (χ2n) is 5.72. The van der Waals surface area contributed by atoms with Gasteiger partial charge < -0.3 is 10.2 Å². The Labute approximate surface area is 135 Å². The molecule has 1 aliphatic heterocycles. The number of benzene rings is 1. The van der Waals surface area contributed by atoms with Crippen molar-refractivity contribution in [3.05, 3.63) is 52.5 Å². The minimum atomic E-state index is -0.0452. The van der Waals surface area contributed by atoms with Gasteiger partial charge in [-0.15, -0.1) is 11.3 Å². The molecule has 1 aromatic heterocycles. The van der Waals surface area contributed by atoms with Crippen LogP contribution in [0.3, 0.4) is 0 Å². The van der Waals surface area contributed by atoms with Crippen LogP contribution in [-0.4, -0.2) is 41.5 Å². The van der Waals surface area contributed by atoms with E-state index in [0.29, 0.717) is 5.69 Å². The predicted octanol–water partition coefficient (Wildman–Crippen LogP) is 2.58. The van der Waals surface area contributed by atoms with Crippen LogP contribution in [0.4, 0.5) is 0 Å². The third-order valence-electron chi connectivity index (χ3n) is 4.07. The molecule has 0 radical (unpaired) electrons. The van der Waals surface area contributed by atoms with E-state index >= 15 is 0 Å². The van der Waals surface area contributed by atoms with Gasteiger partial charge in [0.25, 0.3) is 5.91 Å². The largest absolute Gasteiger partial charge is 0.347 e. The van der Waals surface area contributed by atoms with Gasteiger partial charge in [0.05, 0.1) is 5.51 Å². The van der Waals surface area contributed by atoms with Crippen molar-refractivity contribution >= 4 is 17.2 Å². The summed E-state index contributed by atoms with van der Waals surface area (Å²) < 4.78 is 0. The van der Waals surface area contributed by atoms with Crippen LogP contribution in [0.5, 0.6) is 0 Å². The first-order valence-corrected chi connectivity index (χ1v) is 8.71. The van der Waals surface area contributed by atoms with Gasteiger partial charge >= 0.3 is 0 Å². The smallest absolute Gasteiger partial charge is 0.271 e. The van der Waals surface area contributed by atoms with Gasteiger partial charge in [0.15, 0.2) is 0 Å². The number of amides is 1. The molecule has 1 aromatic carbocycles. The molecule has 5 heteroatoms. The van der Waals surface area contributed by atoms with E-state index in [-0.39, 0.29) is 11.9 Å². The van der Waals surface area contributed by atoms with Gasteiger partial charge in [-0.05, 0) is 31.4 Å². The molecule has 2 aromatic rings. The van der Waals surface area contributed by atoms with E-state index < -0.39 is 0 Å². The summed E-state index contributed by atoms with van der Waals surface area (Å²) in [5.41, 5.74) is 3.60. The van der Waals surface area contributed by atoms with Crippen molar-refractivity contribution in [1.82, 2.24) is 15.2 Å². The quantitative estimate of drug-likeness (QED) is 0.922. The lowest BCUT2D eigenvalue weighted by Gasteiger charge is -2.33. The van der Waals surface area contributed by atoms with E-state index in [4.69, 9.17) is 0 Å². The summed E-state index contributed by atoms with van der Waals surface area (Å²) in [4.78, 5) is 18.6. The molecule has 22 heavy (non-hydrogen) atoms. The van der Waals surface area contributed by atoms with Crippen LogP contribution in [-0.2, 0) is 6.42 Å². The van der Waals surface area contributed by atoms with Crippen molar-refractivity contribution < 1.29 is 4.79 Å². The molecule has 3 rings (SSSR count). The zero-order valence-corrected chi connectivity index (χ0v) is 13.4. The summed E-state index contributed by atoms with van der Waals surface area (Å²) in [6, 6.07) is 10.8. The van der Waals surface area contributed by atoms with E-state index in [1.54, 1.807) is 10.9 Å². The summed E-state index contributed by atoms with van der Waals surface area (Å²) in [5, 5.41) is 4.91. The minimum Gasteiger partial charge on any atom is -0.347 e. The SMILES string of the molecule is O=C(NC1CCCN(CCc2ccccc2)C1)c1cscn1. The fourth-order valence-electron chi connectivity index (χ4n) is 2.89. The molecule has 1 amide bonds. The van der Waals surface area contributed by atoms with Crippen LogP contribution in [0.2, 0.25) is 0 Å². The first-order chi connectivity index (χ1) is 10.8. The van der Waals surface area contributed by atoms with E-state index in [2.05, 4.69) is 45.5 Å². The molecular weight excluding hydrogens is 294 g/mol. The van der Waals surface area contributed by atoms with E-state index in [1.165, 1.54) is 16.9 Å². The van der Waals surface area contributed by atoms with Gasteiger partial charge in [0, 0.05) is 24.5 Å². The van der Waals surface area contributed by atoms with Gasteiger partial charge in [0.2, 0.25) is 0 Å². The van der Waals surface area contributed by atoms with Crippen LogP contribution < -0.4 is 5.32 Å². The fraction of sp³-hybridized carbons (Fsp3) is 0.412. The Kier molecular flexibility index (Phi) is 5.19. The number of piperidine rings is 1. The number of carbonyl (C=O) groups is 1. The van der Waals surface area contributed by atoms with Crippen LogP contribution in [0.15, 0.2) is 41.2 Å². The molecular formula is C17H21N3OS. The summed E-state index contributed by atoms with van der Waals surface area (Å²) in [7, 11) is 0. The maximum atomic E-state index is 12.1. The number of nitrogens with zero attached hydrogens (tertiary/aromatic N) is 2. The maximum Gasteiger partial charge on any atom is 0.271 e. The van der Waals surface area contributed by atoms with Crippen molar-refractivity contribution in [2.75, 3.05) is 19.6 Å². The second kappa shape index (κ2) is 7.51. The lowest BCUT2D eigenvalue weighted by atomic mass is 10.0. The summed E-state index contributed by atoms with van der Waals surface area (Å²) in [6.07, 6.45) is 3.25.